The number of Topliss-reactive ketones (excluding diaryl/α,β-unsaturated/α-hetero) is 1. The predicted octanol–water partition coefficient (Wildman–Crippen LogP) is 3.36. The van der Waals surface area contributed by atoms with Gasteiger partial charge in [0, 0.05) is 31.5 Å². The van der Waals surface area contributed by atoms with Gasteiger partial charge < -0.3 is 9.88 Å². The van der Waals surface area contributed by atoms with E-state index >= 15 is 0 Å². The van der Waals surface area contributed by atoms with Gasteiger partial charge in [-0.3, -0.25) is 14.5 Å². The number of aromatic nitrogens is 2. The van der Waals surface area contributed by atoms with Gasteiger partial charge >= 0.3 is 6.03 Å². The summed E-state index contributed by atoms with van der Waals surface area (Å²) in [6.07, 6.45) is -1.50. The normalized spacial score (nSPS) is 19.5. The Labute approximate surface area is 180 Å². The number of aryl methyl sites for hydroxylation is 1. The summed E-state index contributed by atoms with van der Waals surface area (Å²) in [5.74, 6) is -5.99. The number of alkyl halides is 2. The van der Waals surface area contributed by atoms with Crippen LogP contribution < -0.4 is 5.32 Å². The van der Waals surface area contributed by atoms with Crippen LogP contribution in [0.3, 0.4) is 0 Å². The molecule has 1 saturated carbocycles. The molecule has 2 fully saturated rings. The van der Waals surface area contributed by atoms with E-state index in [2.05, 4.69) is 10.3 Å². The second kappa shape index (κ2) is 7.42. The van der Waals surface area contributed by atoms with E-state index in [-0.39, 0.29) is 24.2 Å². The summed E-state index contributed by atoms with van der Waals surface area (Å²) in [5, 5.41) is 2.47. The van der Waals surface area contributed by atoms with E-state index in [0.717, 1.165) is 18.2 Å². The summed E-state index contributed by atoms with van der Waals surface area (Å²) in [5.41, 5.74) is -0.633. The van der Waals surface area contributed by atoms with Crippen LogP contribution in [0, 0.1) is 18.6 Å². The fraction of sp³-hybridized carbons (Fsp3) is 0.429. The fourth-order valence-corrected chi connectivity index (χ4v) is 4.39. The van der Waals surface area contributed by atoms with Crippen LogP contribution in [0.1, 0.15) is 42.0 Å². The molecule has 4 rings (SSSR count). The zero-order chi connectivity index (χ0) is 23.4. The monoisotopic (exact) mass is 452 g/mol. The molecule has 1 aromatic heterocycles. The van der Waals surface area contributed by atoms with Gasteiger partial charge in [0.25, 0.3) is 5.91 Å². The van der Waals surface area contributed by atoms with Crippen molar-refractivity contribution in [2.45, 2.75) is 44.1 Å². The lowest BCUT2D eigenvalue weighted by atomic mass is 9.80. The van der Waals surface area contributed by atoms with Crippen molar-refractivity contribution in [1.82, 2.24) is 19.8 Å². The molecule has 3 amide bonds. The number of nitrogens with zero attached hydrogens (tertiary/aromatic N) is 3. The molecule has 1 aliphatic carbocycles. The summed E-state index contributed by atoms with van der Waals surface area (Å²) in [7, 11) is 1.47. The van der Waals surface area contributed by atoms with E-state index in [1.165, 1.54) is 11.6 Å². The number of imide groups is 1. The predicted molar refractivity (Wildman–Crippen MR) is 104 cm³/mol. The van der Waals surface area contributed by atoms with Crippen LogP contribution in [0.2, 0.25) is 0 Å². The highest BCUT2D eigenvalue weighted by atomic mass is 19.3. The summed E-state index contributed by atoms with van der Waals surface area (Å²) in [6, 6.07) is 2.09. The lowest BCUT2D eigenvalue weighted by Gasteiger charge is -2.34. The van der Waals surface area contributed by atoms with Crippen LogP contribution in [0.15, 0.2) is 18.2 Å². The van der Waals surface area contributed by atoms with E-state index in [9.17, 15) is 31.9 Å². The number of ketones is 1. The zero-order valence-corrected chi connectivity index (χ0v) is 17.3. The first kappa shape index (κ1) is 22.0. The van der Waals surface area contributed by atoms with Crippen LogP contribution in [-0.2, 0) is 11.8 Å². The number of carbonyl (C=O) groups excluding carboxylic acids is 3. The number of imidazole rings is 1. The molecule has 1 aromatic carbocycles. The highest BCUT2D eigenvalue weighted by molar-refractivity contribution is 6.10. The minimum absolute atomic E-state index is 0.112. The second-order valence-corrected chi connectivity index (χ2v) is 8.27. The topological polar surface area (TPSA) is 84.3 Å². The first-order chi connectivity index (χ1) is 14.9. The summed E-state index contributed by atoms with van der Waals surface area (Å²) in [6.45, 7) is 0.921. The molecule has 0 unspecified atom stereocenters. The van der Waals surface area contributed by atoms with Crippen molar-refractivity contribution in [2.24, 2.45) is 7.05 Å². The Bertz CT molecular complexity index is 1110. The number of hydrogen-bond donors (Lipinski definition) is 1. The molecule has 7 nitrogen and oxygen atoms in total. The number of amides is 3. The molecule has 1 aliphatic heterocycles. The molecule has 0 radical (unpaired) electrons. The molecule has 0 atom stereocenters. The third kappa shape index (κ3) is 3.65. The SMILES string of the molecule is Cc1nc(C(=O)CN2C(=O)NC3(CCC(F)(F)CC3)C2=O)n(C)c1-c1cc(F)cc(F)c1. The minimum Gasteiger partial charge on any atom is -0.324 e. The van der Waals surface area contributed by atoms with E-state index in [1.807, 2.05) is 0 Å². The minimum atomic E-state index is -2.89. The maximum absolute atomic E-state index is 13.6. The Morgan fingerprint density at radius 3 is 2.28 bits per heavy atom. The molecule has 170 valence electrons. The smallest absolute Gasteiger partial charge is 0.324 e. The number of carbonyl (C=O) groups is 3. The van der Waals surface area contributed by atoms with Crippen molar-refractivity contribution >= 4 is 17.7 Å². The number of rotatable bonds is 4. The Morgan fingerprint density at radius 2 is 1.69 bits per heavy atom. The highest BCUT2D eigenvalue weighted by Gasteiger charge is 2.55. The van der Waals surface area contributed by atoms with Gasteiger partial charge in [-0.2, -0.15) is 0 Å². The number of halogens is 4. The maximum atomic E-state index is 13.6. The van der Waals surface area contributed by atoms with E-state index < -0.39 is 60.2 Å². The summed E-state index contributed by atoms with van der Waals surface area (Å²) >= 11 is 0. The average Bonchev–Trinajstić information content (AvgIpc) is 3.11. The second-order valence-electron chi connectivity index (χ2n) is 8.27. The van der Waals surface area contributed by atoms with Gasteiger partial charge in [0.05, 0.1) is 17.9 Å². The van der Waals surface area contributed by atoms with E-state index in [1.54, 1.807) is 6.92 Å². The molecule has 1 N–H and O–H groups in total. The van der Waals surface area contributed by atoms with Crippen molar-refractivity contribution in [3.8, 4) is 11.3 Å². The van der Waals surface area contributed by atoms with Crippen LogP contribution in [-0.4, -0.2) is 50.2 Å². The van der Waals surface area contributed by atoms with Gasteiger partial charge in [0.1, 0.15) is 17.2 Å². The van der Waals surface area contributed by atoms with Crippen LogP contribution >= 0.6 is 0 Å². The van der Waals surface area contributed by atoms with Gasteiger partial charge in [0.15, 0.2) is 5.82 Å². The van der Waals surface area contributed by atoms with E-state index in [4.69, 9.17) is 0 Å². The van der Waals surface area contributed by atoms with Crippen LogP contribution in [0.25, 0.3) is 11.3 Å². The Hall–Kier alpha value is -3.24. The number of hydrogen-bond acceptors (Lipinski definition) is 4. The Balaban J connectivity index is 1.57. The molecule has 1 saturated heterocycles. The highest BCUT2D eigenvalue weighted by Crippen LogP contribution is 2.41. The molecular formula is C21H20F4N4O3. The van der Waals surface area contributed by atoms with Crippen molar-refractivity contribution < 1.29 is 31.9 Å². The van der Waals surface area contributed by atoms with Crippen LogP contribution in [0.5, 0.6) is 0 Å². The molecular weight excluding hydrogens is 432 g/mol. The van der Waals surface area contributed by atoms with Gasteiger partial charge in [0.2, 0.25) is 11.7 Å². The maximum Gasteiger partial charge on any atom is 0.325 e. The fourth-order valence-electron chi connectivity index (χ4n) is 4.39. The number of nitrogens with one attached hydrogen (secondary N) is 1. The summed E-state index contributed by atoms with van der Waals surface area (Å²) in [4.78, 5) is 43.0. The Kier molecular flexibility index (Phi) is 5.09. The molecule has 0 bridgehead atoms. The summed E-state index contributed by atoms with van der Waals surface area (Å²) < 4.78 is 55.7. The molecule has 2 aliphatic rings. The van der Waals surface area contributed by atoms with Crippen molar-refractivity contribution in [3.05, 3.63) is 41.4 Å². The van der Waals surface area contributed by atoms with Gasteiger partial charge in [-0.1, -0.05) is 0 Å². The lowest BCUT2D eigenvalue weighted by Crippen LogP contribution is -2.51. The number of benzene rings is 1. The van der Waals surface area contributed by atoms with Crippen molar-refractivity contribution in [1.29, 1.82) is 0 Å². The molecule has 2 aromatic rings. The molecule has 32 heavy (non-hydrogen) atoms. The zero-order valence-electron chi connectivity index (χ0n) is 17.3. The third-order valence-corrected chi connectivity index (χ3v) is 6.04. The quantitative estimate of drug-likeness (QED) is 0.438. The van der Waals surface area contributed by atoms with Gasteiger partial charge in [-0.05, 0) is 31.9 Å². The molecule has 2 heterocycles. The van der Waals surface area contributed by atoms with Gasteiger partial charge in [-0.25, -0.2) is 27.3 Å². The van der Waals surface area contributed by atoms with Gasteiger partial charge in [-0.15, -0.1) is 0 Å². The van der Waals surface area contributed by atoms with Crippen molar-refractivity contribution in [3.63, 3.8) is 0 Å². The van der Waals surface area contributed by atoms with E-state index in [0.29, 0.717) is 16.3 Å². The molecule has 1 spiro atoms. The lowest BCUT2D eigenvalue weighted by molar-refractivity contribution is -0.135. The number of urea groups is 1. The first-order valence-corrected chi connectivity index (χ1v) is 9.97. The average molecular weight is 452 g/mol. The van der Waals surface area contributed by atoms with Crippen molar-refractivity contribution in [2.75, 3.05) is 6.54 Å². The Morgan fingerprint density at radius 1 is 1.09 bits per heavy atom. The third-order valence-electron chi connectivity index (χ3n) is 6.04. The largest absolute Gasteiger partial charge is 0.325 e. The standard InChI is InChI=1S/C21H20F4N4O3/c1-11-16(12-7-13(22)9-14(23)8-12)28(2)17(26-11)15(30)10-29-18(31)20(27-19(29)32)3-5-21(24,25)6-4-20/h7-9H,3-6,10H2,1-2H3,(H,27,32). The van der Waals surface area contributed by atoms with Crippen LogP contribution in [0.4, 0.5) is 22.4 Å². The molecule has 11 heteroatoms. The first-order valence-electron chi connectivity index (χ1n) is 9.97.